The maximum Gasteiger partial charge on any atom is 0.356 e. The summed E-state index contributed by atoms with van der Waals surface area (Å²) in [6.45, 7) is 2.79. The van der Waals surface area contributed by atoms with Crippen molar-refractivity contribution < 1.29 is 9.53 Å². The van der Waals surface area contributed by atoms with Crippen LogP contribution in [-0.2, 0) is 4.74 Å². The molecule has 0 saturated carbocycles. The summed E-state index contributed by atoms with van der Waals surface area (Å²) >= 11 is 0. The van der Waals surface area contributed by atoms with Gasteiger partial charge in [0.15, 0.2) is 5.69 Å². The van der Waals surface area contributed by atoms with E-state index in [1.807, 2.05) is 18.2 Å². The topological polar surface area (TPSA) is 77.2 Å². The fourth-order valence-electron chi connectivity index (χ4n) is 1.98. The highest BCUT2D eigenvalue weighted by Crippen LogP contribution is 2.19. The lowest BCUT2D eigenvalue weighted by molar-refractivity contribution is 0.0594. The third-order valence-electron chi connectivity index (χ3n) is 3.27. The Kier molecular flexibility index (Phi) is 4.77. The van der Waals surface area contributed by atoms with Crippen molar-refractivity contribution in [1.82, 2.24) is 4.98 Å². The van der Waals surface area contributed by atoms with E-state index < -0.39 is 5.97 Å². The molecule has 110 valence electrons. The van der Waals surface area contributed by atoms with E-state index in [4.69, 9.17) is 5.73 Å². The number of carbonyl (C=O) groups is 1. The molecule has 5 nitrogen and oxygen atoms in total. The molecule has 1 aromatic heterocycles. The molecule has 1 heterocycles. The molecule has 0 aliphatic rings. The molecule has 3 N–H and O–H groups in total. The molecule has 0 spiro atoms. The molecular formula is C16H19N3O2. The van der Waals surface area contributed by atoms with Gasteiger partial charge in [-0.15, -0.1) is 0 Å². The maximum absolute atomic E-state index is 11.5. The second-order valence-electron chi connectivity index (χ2n) is 4.82. The van der Waals surface area contributed by atoms with Crippen LogP contribution in [0.3, 0.4) is 0 Å². The Morgan fingerprint density at radius 1 is 1.29 bits per heavy atom. The van der Waals surface area contributed by atoms with Crippen molar-refractivity contribution in [1.29, 1.82) is 0 Å². The zero-order chi connectivity index (χ0) is 15.2. The Hall–Kier alpha value is -2.56. The Bertz CT molecular complexity index is 614. The second kappa shape index (κ2) is 6.74. The van der Waals surface area contributed by atoms with Crippen molar-refractivity contribution >= 4 is 17.5 Å². The van der Waals surface area contributed by atoms with Gasteiger partial charge in [0.25, 0.3) is 0 Å². The molecule has 0 radical (unpaired) electrons. The van der Waals surface area contributed by atoms with Gasteiger partial charge in [-0.3, -0.25) is 0 Å². The lowest BCUT2D eigenvalue weighted by atomic mass is 10.0. The van der Waals surface area contributed by atoms with E-state index in [1.165, 1.54) is 12.7 Å². The number of nitrogen functional groups attached to an aromatic ring is 1. The minimum Gasteiger partial charge on any atom is -0.464 e. The predicted octanol–water partition coefficient (Wildman–Crippen LogP) is 2.67. The van der Waals surface area contributed by atoms with Gasteiger partial charge in [0.05, 0.1) is 12.8 Å². The molecule has 0 fully saturated rings. The normalized spacial score (nSPS) is 11.7. The molecular weight excluding hydrogens is 266 g/mol. The average Bonchev–Trinajstić information content (AvgIpc) is 2.53. The fourth-order valence-corrected chi connectivity index (χ4v) is 1.98. The number of nitrogens with one attached hydrogen (secondary N) is 1. The highest BCUT2D eigenvalue weighted by atomic mass is 16.5. The van der Waals surface area contributed by atoms with Crippen molar-refractivity contribution in [2.45, 2.75) is 12.8 Å². The number of aromatic nitrogens is 1. The van der Waals surface area contributed by atoms with Crippen LogP contribution in [0.5, 0.6) is 0 Å². The van der Waals surface area contributed by atoms with E-state index in [-0.39, 0.29) is 5.69 Å². The summed E-state index contributed by atoms with van der Waals surface area (Å²) in [5, 5.41) is 3.19. The Morgan fingerprint density at radius 2 is 2.00 bits per heavy atom. The van der Waals surface area contributed by atoms with Crippen molar-refractivity contribution in [3.05, 3.63) is 53.7 Å². The van der Waals surface area contributed by atoms with Gasteiger partial charge in [0.2, 0.25) is 0 Å². The van der Waals surface area contributed by atoms with Gasteiger partial charge in [-0.05, 0) is 23.6 Å². The lowest BCUT2D eigenvalue weighted by Crippen LogP contribution is -2.14. The summed E-state index contributed by atoms with van der Waals surface area (Å²) in [7, 11) is 1.32. The van der Waals surface area contributed by atoms with Gasteiger partial charge >= 0.3 is 5.97 Å². The molecule has 21 heavy (non-hydrogen) atoms. The number of hydrogen-bond donors (Lipinski definition) is 2. The van der Waals surface area contributed by atoms with Gasteiger partial charge in [-0.2, -0.15) is 0 Å². The second-order valence-corrected chi connectivity index (χ2v) is 4.82. The maximum atomic E-state index is 11.5. The van der Waals surface area contributed by atoms with Crippen LogP contribution in [0.4, 0.5) is 11.5 Å². The number of carbonyl (C=O) groups excluding carboxylic acids is 1. The summed E-state index contributed by atoms with van der Waals surface area (Å²) in [5.74, 6) is 0.323. The first-order valence-electron chi connectivity index (χ1n) is 6.75. The zero-order valence-electron chi connectivity index (χ0n) is 12.2. The van der Waals surface area contributed by atoms with Gasteiger partial charge in [-0.1, -0.05) is 37.3 Å². The third-order valence-corrected chi connectivity index (χ3v) is 3.27. The largest absolute Gasteiger partial charge is 0.464 e. The molecule has 0 aliphatic heterocycles. The van der Waals surface area contributed by atoms with E-state index in [2.05, 4.69) is 34.1 Å². The first kappa shape index (κ1) is 14.8. The average molecular weight is 285 g/mol. The minimum atomic E-state index is -0.478. The SMILES string of the molecule is COC(=O)c1ccc(N)c(NCC(C)c2ccccc2)n1. The van der Waals surface area contributed by atoms with Crippen LogP contribution in [0, 0.1) is 0 Å². The van der Waals surface area contributed by atoms with Crippen LogP contribution < -0.4 is 11.1 Å². The van der Waals surface area contributed by atoms with Crippen molar-refractivity contribution in [3.63, 3.8) is 0 Å². The Labute approximate surface area is 124 Å². The smallest absolute Gasteiger partial charge is 0.356 e. The molecule has 1 unspecified atom stereocenters. The van der Waals surface area contributed by atoms with Crippen LogP contribution in [0.25, 0.3) is 0 Å². The number of benzene rings is 1. The van der Waals surface area contributed by atoms with E-state index in [0.717, 1.165) is 0 Å². The molecule has 1 aromatic carbocycles. The number of nitrogens with two attached hydrogens (primary N) is 1. The number of esters is 1. The summed E-state index contributed by atoms with van der Waals surface area (Å²) < 4.78 is 4.66. The van der Waals surface area contributed by atoms with Gasteiger partial charge in [0, 0.05) is 6.54 Å². The quantitative estimate of drug-likeness (QED) is 0.826. The van der Waals surface area contributed by atoms with E-state index >= 15 is 0 Å². The molecule has 0 saturated heterocycles. The Morgan fingerprint density at radius 3 is 2.67 bits per heavy atom. The summed E-state index contributed by atoms with van der Waals surface area (Å²) in [6.07, 6.45) is 0. The van der Waals surface area contributed by atoms with E-state index in [0.29, 0.717) is 24.0 Å². The number of ether oxygens (including phenoxy) is 1. The predicted molar refractivity (Wildman–Crippen MR) is 83.3 cm³/mol. The molecule has 2 aromatic rings. The van der Waals surface area contributed by atoms with Gasteiger partial charge < -0.3 is 15.8 Å². The highest BCUT2D eigenvalue weighted by molar-refractivity contribution is 5.88. The van der Waals surface area contributed by atoms with Gasteiger partial charge in [0.1, 0.15) is 5.82 Å². The van der Waals surface area contributed by atoms with Crippen molar-refractivity contribution in [3.8, 4) is 0 Å². The van der Waals surface area contributed by atoms with Gasteiger partial charge in [-0.25, -0.2) is 9.78 Å². The number of anilines is 2. The van der Waals surface area contributed by atoms with Crippen molar-refractivity contribution in [2.75, 3.05) is 24.7 Å². The van der Waals surface area contributed by atoms with E-state index in [1.54, 1.807) is 12.1 Å². The van der Waals surface area contributed by atoms with E-state index in [9.17, 15) is 4.79 Å². The first-order chi connectivity index (χ1) is 10.1. The van der Waals surface area contributed by atoms with Crippen molar-refractivity contribution in [2.24, 2.45) is 0 Å². The minimum absolute atomic E-state index is 0.238. The van der Waals surface area contributed by atoms with Crippen LogP contribution in [0.15, 0.2) is 42.5 Å². The number of methoxy groups -OCH3 is 1. The first-order valence-corrected chi connectivity index (χ1v) is 6.75. The number of rotatable bonds is 5. The zero-order valence-corrected chi connectivity index (χ0v) is 12.2. The molecule has 5 heteroatoms. The Balaban J connectivity index is 2.07. The fraction of sp³-hybridized carbons (Fsp3) is 0.250. The van der Waals surface area contributed by atoms with Crippen LogP contribution in [0.2, 0.25) is 0 Å². The van der Waals surface area contributed by atoms with Crippen LogP contribution in [-0.4, -0.2) is 24.6 Å². The summed E-state index contributed by atoms with van der Waals surface area (Å²) in [6, 6.07) is 13.4. The lowest BCUT2D eigenvalue weighted by Gasteiger charge is -2.15. The third kappa shape index (κ3) is 3.72. The number of nitrogens with zero attached hydrogens (tertiary/aromatic N) is 1. The monoisotopic (exact) mass is 285 g/mol. The molecule has 1 atom stereocenters. The highest BCUT2D eigenvalue weighted by Gasteiger charge is 2.11. The summed E-state index contributed by atoms with van der Waals surface area (Å²) in [5.41, 5.74) is 7.85. The van der Waals surface area contributed by atoms with Crippen LogP contribution >= 0.6 is 0 Å². The number of pyridine rings is 1. The molecule has 2 rings (SSSR count). The molecule has 0 bridgehead atoms. The van der Waals surface area contributed by atoms with Crippen LogP contribution in [0.1, 0.15) is 28.9 Å². The molecule has 0 aliphatic carbocycles. The molecule has 0 amide bonds. The number of hydrogen-bond acceptors (Lipinski definition) is 5. The summed E-state index contributed by atoms with van der Waals surface area (Å²) in [4.78, 5) is 15.7. The standard InChI is InChI=1S/C16H19N3O2/c1-11(12-6-4-3-5-7-12)10-18-15-13(17)8-9-14(19-15)16(20)21-2/h3-9,11H,10,17H2,1-2H3,(H,18,19).